The molecule has 13 heteroatoms. The van der Waals surface area contributed by atoms with E-state index in [1.54, 1.807) is 50.8 Å². The molecule has 2 amide bonds. The molecule has 6 rings (SSSR count). The molecule has 2 fully saturated rings. The molecule has 0 saturated carbocycles. The number of rotatable bonds is 10. The van der Waals surface area contributed by atoms with E-state index in [1.165, 1.54) is 0 Å². The summed E-state index contributed by atoms with van der Waals surface area (Å²) in [5, 5.41) is 24.4. The summed E-state index contributed by atoms with van der Waals surface area (Å²) in [4.78, 5) is 41.1. The minimum Gasteiger partial charge on any atom is -0.384 e. The van der Waals surface area contributed by atoms with Crippen molar-refractivity contribution in [2.75, 3.05) is 76.8 Å². The van der Waals surface area contributed by atoms with Gasteiger partial charge in [0.1, 0.15) is 6.23 Å². The number of methoxy groups -OCH3 is 1. The summed E-state index contributed by atoms with van der Waals surface area (Å²) in [5.74, 6) is 0.252. The van der Waals surface area contributed by atoms with Crippen LogP contribution in [-0.4, -0.2) is 120 Å². The van der Waals surface area contributed by atoms with Gasteiger partial charge in [0.05, 0.1) is 17.5 Å². The third kappa shape index (κ3) is 6.52. The molecule has 0 radical (unpaired) electrons. The third-order valence-electron chi connectivity index (χ3n) is 8.81. The zero-order chi connectivity index (χ0) is 31.4. The van der Waals surface area contributed by atoms with Gasteiger partial charge in [-0.2, -0.15) is 5.10 Å². The fraction of sp³-hybridized carbons (Fsp3) is 0.406. The number of aliphatic hydroxyl groups is 1. The SMILES string of the molecule is CNC(=O)c1n[nH]c2ccc(NC(=O)C3(COC)CCN(CC(O)N4CCN(c5ccc(-c6ncccn6)cc5)CC4)C3)cc12. The number of aromatic nitrogens is 4. The van der Waals surface area contributed by atoms with Gasteiger partial charge in [-0.1, -0.05) is 0 Å². The van der Waals surface area contributed by atoms with E-state index < -0.39 is 11.6 Å². The summed E-state index contributed by atoms with van der Waals surface area (Å²) in [6.45, 7) is 4.92. The Kier molecular flexibility index (Phi) is 9.03. The van der Waals surface area contributed by atoms with Crippen LogP contribution in [-0.2, 0) is 9.53 Å². The summed E-state index contributed by atoms with van der Waals surface area (Å²) < 4.78 is 5.53. The van der Waals surface area contributed by atoms with Gasteiger partial charge < -0.3 is 25.4 Å². The quantitative estimate of drug-likeness (QED) is 0.208. The molecule has 2 aromatic carbocycles. The van der Waals surface area contributed by atoms with Crippen molar-refractivity contribution in [3.05, 3.63) is 66.6 Å². The minimum absolute atomic E-state index is 0.149. The smallest absolute Gasteiger partial charge is 0.272 e. The Labute approximate surface area is 261 Å². The van der Waals surface area contributed by atoms with Crippen LogP contribution in [0.3, 0.4) is 0 Å². The van der Waals surface area contributed by atoms with Crippen LogP contribution < -0.4 is 15.5 Å². The number of ether oxygens (including phenoxy) is 1. The number of aliphatic hydroxyl groups excluding tert-OH is 1. The largest absolute Gasteiger partial charge is 0.384 e. The maximum Gasteiger partial charge on any atom is 0.272 e. The first-order valence-corrected chi connectivity index (χ1v) is 15.2. The second kappa shape index (κ2) is 13.3. The molecule has 236 valence electrons. The highest BCUT2D eigenvalue weighted by Gasteiger charge is 2.45. The van der Waals surface area contributed by atoms with Crippen molar-refractivity contribution in [1.29, 1.82) is 0 Å². The van der Waals surface area contributed by atoms with Gasteiger partial charge in [0.25, 0.3) is 5.91 Å². The number of hydrogen-bond donors (Lipinski definition) is 4. The highest BCUT2D eigenvalue weighted by atomic mass is 16.5. The van der Waals surface area contributed by atoms with Gasteiger partial charge in [-0.15, -0.1) is 0 Å². The fourth-order valence-electron chi connectivity index (χ4n) is 6.30. The number of H-pyrrole nitrogens is 1. The Bertz CT molecular complexity index is 1620. The predicted molar refractivity (Wildman–Crippen MR) is 171 cm³/mol. The molecule has 45 heavy (non-hydrogen) atoms. The summed E-state index contributed by atoms with van der Waals surface area (Å²) in [6.07, 6.45) is 3.45. The number of amides is 2. The zero-order valence-electron chi connectivity index (χ0n) is 25.6. The molecule has 2 aromatic heterocycles. The first kappa shape index (κ1) is 30.6. The molecule has 0 aliphatic carbocycles. The van der Waals surface area contributed by atoms with Crippen molar-refractivity contribution in [3.8, 4) is 11.4 Å². The van der Waals surface area contributed by atoms with Gasteiger partial charge in [-0.05, 0) is 61.5 Å². The Morgan fingerprint density at radius 3 is 2.53 bits per heavy atom. The van der Waals surface area contributed by atoms with Crippen molar-refractivity contribution < 1.29 is 19.4 Å². The van der Waals surface area contributed by atoms with Crippen molar-refractivity contribution >= 4 is 34.1 Å². The average molecular weight is 614 g/mol. The molecule has 4 N–H and O–H groups in total. The van der Waals surface area contributed by atoms with Crippen LogP contribution in [0.5, 0.6) is 0 Å². The number of β-amino-alcohol motifs (C(OH)–C–C–N with tert-alkyl or cyclic N) is 1. The molecule has 0 bridgehead atoms. The Morgan fingerprint density at radius 1 is 1.07 bits per heavy atom. The number of aromatic amines is 1. The predicted octanol–water partition coefficient (Wildman–Crippen LogP) is 1.80. The highest BCUT2D eigenvalue weighted by Crippen LogP contribution is 2.33. The molecular formula is C32H39N9O4. The number of carbonyl (C=O) groups excluding carboxylic acids is 2. The standard InChI is InChI=1S/C32H39N9O4/c1-33-30(43)28-25-18-23(6-9-26(25)37-38-28)36-31(44)32(21-45-2)10-13-39(20-32)19-27(42)41-16-14-40(15-17-41)24-7-4-22(5-8-24)29-34-11-3-12-35-29/h3-9,11-12,18,27,42H,10,13-17,19-21H2,1-2H3,(H,33,43)(H,36,44)(H,37,38). The van der Waals surface area contributed by atoms with Crippen LogP contribution in [0.15, 0.2) is 60.9 Å². The Hall–Kier alpha value is -4.43. The molecule has 2 atom stereocenters. The third-order valence-corrected chi connectivity index (χ3v) is 8.81. The number of piperazine rings is 1. The van der Waals surface area contributed by atoms with Gasteiger partial charge in [-0.25, -0.2) is 9.97 Å². The first-order valence-electron chi connectivity index (χ1n) is 15.2. The summed E-state index contributed by atoms with van der Waals surface area (Å²) >= 11 is 0. The summed E-state index contributed by atoms with van der Waals surface area (Å²) in [6, 6.07) is 15.4. The number of carbonyl (C=O) groups is 2. The molecule has 2 aliphatic heterocycles. The van der Waals surface area contributed by atoms with Crippen LogP contribution in [0.25, 0.3) is 22.3 Å². The normalized spacial score (nSPS) is 19.9. The lowest BCUT2D eigenvalue weighted by molar-refractivity contribution is -0.128. The van der Waals surface area contributed by atoms with E-state index in [-0.39, 0.29) is 24.1 Å². The maximum absolute atomic E-state index is 13.7. The fourth-order valence-corrected chi connectivity index (χ4v) is 6.30. The molecule has 13 nitrogen and oxygen atoms in total. The molecular weight excluding hydrogens is 574 g/mol. The van der Waals surface area contributed by atoms with Crippen molar-refractivity contribution in [1.82, 2.24) is 35.3 Å². The van der Waals surface area contributed by atoms with Crippen molar-refractivity contribution in [2.45, 2.75) is 12.6 Å². The van der Waals surface area contributed by atoms with Gasteiger partial charge in [-0.3, -0.25) is 24.5 Å². The lowest BCUT2D eigenvalue weighted by atomic mass is 9.87. The van der Waals surface area contributed by atoms with Crippen molar-refractivity contribution in [2.24, 2.45) is 5.41 Å². The van der Waals surface area contributed by atoms with Crippen molar-refractivity contribution in [3.63, 3.8) is 0 Å². The topological polar surface area (TPSA) is 152 Å². The second-order valence-corrected chi connectivity index (χ2v) is 11.7. The van der Waals surface area contributed by atoms with Crippen LogP contribution in [0.2, 0.25) is 0 Å². The molecule has 0 spiro atoms. The van der Waals surface area contributed by atoms with E-state index in [9.17, 15) is 14.7 Å². The van der Waals surface area contributed by atoms with Crippen LogP contribution in [0.4, 0.5) is 11.4 Å². The first-order chi connectivity index (χ1) is 21.9. The number of nitrogens with zero attached hydrogens (tertiary/aromatic N) is 6. The number of nitrogens with one attached hydrogen (secondary N) is 3. The lowest BCUT2D eigenvalue weighted by Gasteiger charge is -2.39. The maximum atomic E-state index is 13.7. The molecule has 2 aliphatic rings. The molecule has 2 saturated heterocycles. The summed E-state index contributed by atoms with van der Waals surface area (Å²) in [7, 11) is 3.15. The Balaban J connectivity index is 1.03. The van der Waals surface area contributed by atoms with Gasteiger partial charge in [0.2, 0.25) is 5.91 Å². The molecule has 2 unspecified atom stereocenters. The Morgan fingerprint density at radius 2 is 1.82 bits per heavy atom. The van der Waals surface area contributed by atoms with E-state index >= 15 is 0 Å². The highest BCUT2D eigenvalue weighted by molar-refractivity contribution is 6.06. The number of anilines is 2. The van der Waals surface area contributed by atoms with E-state index in [1.807, 2.05) is 12.1 Å². The second-order valence-electron chi connectivity index (χ2n) is 11.7. The van der Waals surface area contributed by atoms with Crippen LogP contribution in [0.1, 0.15) is 16.9 Å². The van der Waals surface area contributed by atoms with Crippen LogP contribution in [0, 0.1) is 5.41 Å². The number of hydrogen-bond acceptors (Lipinski definition) is 10. The van der Waals surface area contributed by atoms with E-state index in [2.05, 4.69) is 57.6 Å². The zero-order valence-corrected chi connectivity index (χ0v) is 25.6. The van der Waals surface area contributed by atoms with E-state index in [4.69, 9.17) is 4.74 Å². The lowest BCUT2D eigenvalue weighted by Crippen LogP contribution is -2.53. The van der Waals surface area contributed by atoms with E-state index in [0.29, 0.717) is 48.5 Å². The molecule has 4 heterocycles. The van der Waals surface area contributed by atoms with Gasteiger partial charge in [0, 0.05) is 88.1 Å². The number of fused-ring (bicyclic) bond motifs is 1. The summed E-state index contributed by atoms with van der Waals surface area (Å²) in [5.41, 5.74) is 2.90. The monoisotopic (exact) mass is 613 g/mol. The molecule has 4 aromatic rings. The number of benzene rings is 2. The number of likely N-dealkylation sites (tertiary alicyclic amines) is 1. The van der Waals surface area contributed by atoms with Crippen LogP contribution >= 0.6 is 0 Å². The average Bonchev–Trinajstić information content (AvgIpc) is 3.69. The van der Waals surface area contributed by atoms with Gasteiger partial charge >= 0.3 is 0 Å². The van der Waals surface area contributed by atoms with E-state index in [0.717, 1.165) is 37.4 Å². The van der Waals surface area contributed by atoms with Gasteiger partial charge in [0.15, 0.2) is 11.5 Å². The minimum atomic E-state index is -0.765.